The molecule has 0 aliphatic rings. The smallest absolute Gasteiger partial charge is 0.188 e. The largest absolute Gasteiger partial charge is 0.508 e. The van der Waals surface area contributed by atoms with Crippen molar-refractivity contribution in [2.24, 2.45) is 0 Å². The minimum Gasteiger partial charge on any atom is -0.508 e. The first-order chi connectivity index (χ1) is 9.11. The first-order valence-corrected chi connectivity index (χ1v) is 6.28. The van der Waals surface area contributed by atoms with Crippen LogP contribution >= 0.6 is 11.3 Å². The molecule has 3 N–H and O–H groups in total. The number of fused-ring (bicyclic) bond motifs is 1. The molecule has 96 valence electrons. The van der Waals surface area contributed by atoms with Crippen LogP contribution in [0.5, 0.6) is 11.5 Å². The Labute approximate surface area is 111 Å². The maximum Gasteiger partial charge on any atom is 0.188 e. The minimum atomic E-state index is -0.691. The number of nitrogens with one attached hydrogen (secondary N) is 1. The first kappa shape index (κ1) is 11.7. The Morgan fingerprint density at radius 3 is 2.74 bits per heavy atom. The fourth-order valence-corrected chi connectivity index (χ4v) is 2.59. The van der Waals surface area contributed by atoms with E-state index in [1.54, 1.807) is 24.3 Å². The van der Waals surface area contributed by atoms with Crippen molar-refractivity contribution >= 4 is 32.4 Å². The van der Waals surface area contributed by atoms with E-state index in [0.29, 0.717) is 10.8 Å². The van der Waals surface area contributed by atoms with Crippen LogP contribution in [0.2, 0.25) is 0 Å². The molecule has 3 rings (SSSR count). The van der Waals surface area contributed by atoms with Crippen molar-refractivity contribution in [1.29, 1.82) is 0 Å². The molecule has 6 heteroatoms. The number of rotatable bonds is 2. The summed E-state index contributed by atoms with van der Waals surface area (Å²) < 4.78 is 14.0. The van der Waals surface area contributed by atoms with E-state index < -0.39 is 5.82 Å². The van der Waals surface area contributed by atoms with Gasteiger partial charge in [-0.05, 0) is 30.3 Å². The Morgan fingerprint density at radius 1 is 1.11 bits per heavy atom. The Balaban J connectivity index is 1.94. The number of nitrogens with zero attached hydrogens (tertiary/aromatic N) is 1. The van der Waals surface area contributed by atoms with E-state index >= 15 is 0 Å². The van der Waals surface area contributed by atoms with Crippen LogP contribution in [-0.4, -0.2) is 15.2 Å². The predicted molar refractivity (Wildman–Crippen MR) is 72.6 cm³/mol. The summed E-state index contributed by atoms with van der Waals surface area (Å²) in [5, 5.41) is 22.0. The van der Waals surface area contributed by atoms with Gasteiger partial charge in [-0.1, -0.05) is 11.3 Å². The van der Waals surface area contributed by atoms with Gasteiger partial charge in [0.25, 0.3) is 0 Å². The molecular weight excluding hydrogens is 267 g/mol. The summed E-state index contributed by atoms with van der Waals surface area (Å²) in [6.45, 7) is 0. The molecule has 0 amide bonds. The minimum absolute atomic E-state index is 0.179. The van der Waals surface area contributed by atoms with E-state index in [9.17, 15) is 9.50 Å². The average Bonchev–Trinajstić information content (AvgIpc) is 2.75. The molecule has 0 fully saturated rings. The Morgan fingerprint density at radius 2 is 1.95 bits per heavy atom. The number of hydrogen-bond acceptors (Lipinski definition) is 5. The number of aromatic nitrogens is 1. The highest BCUT2D eigenvalue weighted by Gasteiger charge is 2.06. The molecule has 0 radical (unpaired) electrons. The fraction of sp³-hybridized carbons (Fsp3) is 0. The molecule has 3 aromatic rings. The molecule has 2 aromatic carbocycles. The van der Waals surface area contributed by atoms with E-state index in [1.807, 2.05) is 0 Å². The number of anilines is 2. The zero-order chi connectivity index (χ0) is 13.4. The third-order valence-electron chi connectivity index (χ3n) is 2.57. The van der Waals surface area contributed by atoms with Gasteiger partial charge in [0.05, 0.1) is 10.2 Å². The molecule has 0 spiro atoms. The van der Waals surface area contributed by atoms with Crippen molar-refractivity contribution in [2.45, 2.75) is 0 Å². The van der Waals surface area contributed by atoms with Crippen molar-refractivity contribution in [3.8, 4) is 11.5 Å². The lowest BCUT2D eigenvalue weighted by atomic mass is 10.3. The van der Waals surface area contributed by atoms with Crippen molar-refractivity contribution in [3.63, 3.8) is 0 Å². The number of hydrogen-bond donors (Lipinski definition) is 3. The lowest BCUT2D eigenvalue weighted by Crippen LogP contribution is -1.89. The molecular formula is C13H9FN2O2S. The number of aromatic hydroxyl groups is 2. The monoisotopic (exact) mass is 276 g/mol. The van der Waals surface area contributed by atoms with Gasteiger partial charge in [0, 0.05) is 11.8 Å². The fourth-order valence-electron chi connectivity index (χ4n) is 1.67. The lowest BCUT2D eigenvalue weighted by Gasteiger charge is -2.02. The van der Waals surface area contributed by atoms with E-state index in [0.717, 1.165) is 10.2 Å². The second-order valence-corrected chi connectivity index (χ2v) is 4.99. The summed E-state index contributed by atoms with van der Waals surface area (Å²) in [5.41, 5.74) is 1.25. The first-order valence-electron chi connectivity index (χ1n) is 5.47. The Hall–Kier alpha value is -2.34. The van der Waals surface area contributed by atoms with E-state index in [2.05, 4.69) is 10.3 Å². The zero-order valence-electron chi connectivity index (χ0n) is 9.59. The molecule has 0 saturated carbocycles. The Kier molecular flexibility index (Phi) is 2.72. The van der Waals surface area contributed by atoms with Crippen LogP contribution in [-0.2, 0) is 0 Å². The molecule has 0 saturated heterocycles. The van der Waals surface area contributed by atoms with Crippen LogP contribution in [0.25, 0.3) is 10.2 Å². The number of phenolic OH excluding ortho intramolecular Hbond substituents is 2. The van der Waals surface area contributed by atoms with E-state index in [4.69, 9.17) is 5.11 Å². The highest BCUT2D eigenvalue weighted by atomic mass is 32.1. The van der Waals surface area contributed by atoms with Crippen LogP contribution in [0.4, 0.5) is 15.2 Å². The van der Waals surface area contributed by atoms with Gasteiger partial charge < -0.3 is 15.5 Å². The number of phenols is 2. The molecule has 0 aliphatic carbocycles. The molecule has 0 bridgehead atoms. The number of thiazole rings is 1. The van der Waals surface area contributed by atoms with Gasteiger partial charge in [-0.3, -0.25) is 0 Å². The summed E-state index contributed by atoms with van der Waals surface area (Å²) in [4.78, 5) is 4.31. The van der Waals surface area contributed by atoms with Crippen molar-refractivity contribution in [2.75, 3.05) is 5.32 Å². The van der Waals surface area contributed by atoms with E-state index in [1.165, 1.54) is 23.5 Å². The van der Waals surface area contributed by atoms with Gasteiger partial charge in [0.2, 0.25) is 0 Å². The molecule has 0 atom stereocenters. The standard InChI is InChI=1S/C13H9FN2O2S/c14-9-5-7(1-4-11(9)18)15-13-16-10-3-2-8(17)6-12(10)19-13/h1-6,17-18H,(H,15,16). The maximum absolute atomic E-state index is 13.2. The van der Waals surface area contributed by atoms with Crippen molar-refractivity contribution < 1.29 is 14.6 Å². The molecule has 4 nitrogen and oxygen atoms in total. The highest BCUT2D eigenvalue weighted by molar-refractivity contribution is 7.22. The van der Waals surface area contributed by atoms with Gasteiger partial charge in [-0.2, -0.15) is 0 Å². The summed E-state index contributed by atoms with van der Waals surface area (Å²) in [7, 11) is 0. The van der Waals surface area contributed by atoms with Crippen LogP contribution in [0.3, 0.4) is 0 Å². The third kappa shape index (κ3) is 2.30. The number of halogens is 1. The topological polar surface area (TPSA) is 65.4 Å². The molecule has 0 unspecified atom stereocenters. The normalized spacial score (nSPS) is 10.8. The maximum atomic E-state index is 13.2. The van der Waals surface area contributed by atoms with Crippen molar-refractivity contribution in [3.05, 3.63) is 42.2 Å². The van der Waals surface area contributed by atoms with E-state index in [-0.39, 0.29) is 11.5 Å². The third-order valence-corrected chi connectivity index (χ3v) is 3.50. The average molecular weight is 276 g/mol. The van der Waals surface area contributed by atoms with Gasteiger partial charge in [0.1, 0.15) is 5.75 Å². The Bertz CT molecular complexity index is 757. The summed E-state index contributed by atoms with van der Waals surface area (Å²) >= 11 is 1.35. The molecule has 1 aromatic heterocycles. The summed E-state index contributed by atoms with van der Waals surface area (Å²) in [6.07, 6.45) is 0. The molecule has 0 aliphatic heterocycles. The predicted octanol–water partition coefficient (Wildman–Crippen LogP) is 3.59. The van der Waals surface area contributed by atoms with Gasteiger partial charge in [-0.15, -0.1) is 0 Å². The quantitative estimate of drug-likeness (QED) is 0.626. The van der Waals surface area contributed by atoms with Gasteiger partial charge >= 0.3 is 0 Å². The summed E-state index contributed by atoms with van der Waals surface area (Å²) in [5.74, 6) is -0.901. The second-order valence-electron chi connectivity index (χ2n) is 3.96. The van der Waals surface area contributed by atoms with Crippen LogP contribution in [0.15, 0.2) is 36.4 Å². The highest BCUT2D eigenvalue weighted by Crippen LogP contribution is 2.31. The zero-order valence-corrected chi connectivity index (χ0v) is 10.4. The lowest BCUT2D eigenvalue weighted by molar-refractivity contribution is 0.432. The second kappa shape index (κ2) is 4.40. The number of benzene rings is 2. The molecule has 1 heterocycles. The van der Waals surface area contributed by atoms with Crippen molar-refractivity contribution in [1.82, 2.24) is 4.98 Å². The summed E-state index contributed by atoms with van der Waals surface area (Å²) in [6, 6.07) is 8.92. The van der Waals surface area contributed by atoms with Gasteiger partial charge in [0.15, 0.2) is 16.7 Å². The molecule has 19 heavy (non-hydrogen) atoms. The van der Waals surface area contributed by atoms with Crippen LogP contribution < -0.4 is 5.32 Å². The van der Waals surface area contributed by atoms with Crippen LogP contribution in [0, 0.1) is 5.82 Å². The van der Waals surface area contributed by atoms with Crippen LogP contribution in [0.1, 0.15) is 0 Å². The van der Waals surface area contributed by atoms with Gasteiger partial charge in [-0.25, -0.2) is 9.37 Å². The SMILES string of the molecule is Oc1ccc2nc(Nc3ccc(O)c(F)c3)sc2c1.